The van der Waals surface area contributed by atoms with Gasteiger partial charge in [-0.3, -0.25) is 14.5 Å². The van der Waals surface area contributed by atoms with Gasteiger partial charge in [0, 0.05) is 12.6 Å². The smallest absolute Gasteiger partial charge is 0.261 e. The molecule has 1 aliphatic carbocycles. The summed E-state index contributed by atoms with van der Waals surface area (Å²) in [6.07, 6.45) is 3.89. The zero-order valence-electron chi connectivity index (χ0n) is 11.8. The van der Waals surface area contributed by atoms with E-state index in [2.05, 4.69) is 6.92 Å². The standard InChI is InChI=1S/C16H20N2O2/c1-16(8-6-11(17)7-9-16)10-18-14(19)12-4-2-3-5-13(12)15(18)20/h2-5,11H,6-10,17H2,1H3. The lowest BCUT2D eigenvalue weighted by Crippen LogP contribution is -2.43. The Morgan fingerprint density at radius 1 is 1.15 bits per heavy atom. The first-order valence-electron chi connectivity index (χ1n) is 7.21. The van der Waals surface area contributed by atoms with Crippen molar-refractivity contribution in [1.82, 2.24) is 4.90 Å². The molecule has 4 heteroatoms. The Morgan fingerprint density at radius 3 is 2.15 bits per heavy atom. The molecule has 3 rings (SSSR count). The van der Waals surface area contributed by atoms with Gasteiger partial charge >= 0.3 is 0 Å². The Kier molecular flexibility index (Phi) is 3.13. The number of hydrogen-bond acceptors (Lipinski definition) is 3. The molecule has 0 spiro atoms. The van der Waals surface area contributed by atoms with Crippen molar-refractivity contribution in [2.75, 3.05) is 6.54 Å². The van der Waals surface area contributed by atoms with Crippen molar-refractivity contribution < 1.29 is 9.59 Å². The highest BCUT2D eigenvalue weighted by Gasteiger charge is 2.40. The van der Waals surface area contributed by atoms with Gasteiger partial charge in [0.05, 0.1) is 11.1 Å². The van der Waals surface area contributed by atoms with Crippen molar-refractivity contribution in [3.63, 3.8) is 0 Å². The van der Waals surface area contributed by atoms with Gasteiger partial charge in [0.1, 0.15) is 0 Å². The van der Waals surface area contributed by atoms with Crippen LogP contribution < -0.4 is 5.73 Å². The molecule has 1 heterocycles. The molecule has 1 saturated carbocycles. The average Bonchev–Trinajstić information content (AvgIpc) is 2.68. The molecule has 20 heavy (non-hydrogen) atoms. The van der Waals surface area contributed by atoms with Gasteiger partial charge in [-0.05, 0) is 43.2 Å². The summed E-state index contributed by atoms with van der Waals surface area (Å²) in [5.74, 6) is -0.302. The van der Waals surface area contributed by atoms with Gasteiger partial charge < -0.3 is 5.73 Å². The maximum atomic E-state index is 12.4. The van der Waals surface area contributed by atoms with E-state index in [4.69, 9.17) is 5.73 Å². The predicted molar refractivity (Wildman–Crippen MR) is 76.4 cm³/mol. The van der Waals surface area contributed by atoms with E-state index in [1.54, 1.807) is 24.3 Å². The molecule has 2 aliphatic rings. The Labute approximate surface area is 118 Å². The Bertz CT molecular complexity index is 524. The number of fused-ring (bicyclic) bond motifs is 1. The van der Waals surface area contributed by atoms with Crippen LogP contribution in [-0.4, -0.2) is 29.3 Å². The monoisotopic (exact) mass is 272 g/mol. The topological polar surface area (TPSA) is 63.4 Å². The van der Waals surface area contributed by atoms with E-state index in [0.717, 1.165) is 25.7 Å². The van der Waals surface area contributed by atoms with Crippen LogP contribution in [0.15, 0.2) is 24.3 Å². The fourth-order valence-corrected chi connectivity index (χ4v) is 3.26. The third kappa shape index (κ3) is 2.14. The van der Waals surface area contributed by atoms with Crippen molar-refractivity contribution in [3.8, 4) is 0 Å². The highest BCUT2D eigenvalue weighted by molar-refractivity contribution is 6.21. The van der Waals surface area contributed by atoms with Gasteiger partial charge in [-0.25, -0.2) is 0 Å². The molecule has 0 bridgehead atoms. The largest absolute Gasteiger partial charge is 0.328 e. The molecule has 1 fully saturated rings. The predicted octanol–water partition coefficient (Wildman–Crippen LogP) is 2.19. The first-order chi connectivity index (χ1) is 9.50. The minimum absolute atomic E-state index is 0.00321. The summed E-state index contributed by atoms with van der Waals surface area (Å²) in [6.45, 7) is 2.66. The molecule has 4 nitrogen and oxygen atoms in total. The molecule has 2 amide bonds. The summed E-state index contributed by atoms with van der Waals surface area (Å²) in [6, 6.07) is 7.33. The van der Waals surface area contributed by atoms with Crippen molar-refractivity contribution in [3.05, 3.63) is 35.4 Å². The number of imide groups is 1. The van der Waals surface area contributed by atoms with Crippen LogP contribution in [0.3, 0.4) is 0 Å². The fraction of sp³-hybridized carbons (Fsp3) is 0.500. The molecule has 0 saturated heterocycles. The first kappa shape index (κ1) is 13.3. The lowest BCUT2D eigenvalue weighted by molar-refractivity contribution is 0.0533. The summed E-state index contributed by atoms with van der Waals surface area (Å²) >= 11 is 0. The van der Waals surface area contributed by atoms with Crippen LogP contribution >= 0.6 is 0 Å². The zero-order valence-corrected chi connectivity index (χ0v) is 11.8. The molecular formula is C16H20N2O2. The van der Waals surface area contributed by atoms with E-state index in [1.165, 1.54) is 4.90 Å². The number of nitrogens with zero attached hydrogens (tertiary/aromatic N) is 1. The molecule has 0 unspecified atom stereocenters. The third-order valence-corrected chi connectivity index (χ3v) is 4.66. The highest BCUT2D eigenvalue weighted by Crippen LogP contribution is 2.37. The normalized spacial score (nSPS) is 29.7. The highest BCUT2D eigenvalue weighted by atomic mass is 16.2. The number of hydrogen-bond donors (Lipinski definition) is 1. The van der Waals surface area contributed by atoms with Crippen molar-refractivity contribution >= 4 is 11.8 Å². The maximum Gasteiger partial charge on any atom is 0.261 e. The molecular weight excluding hydrogens is 252 g/mol. The van der Waals surface area contributed by atoms with E-state index >= 15 is 0 Å². The van der Waals surface area contributed by atoms with Gasteiger partial charge in [-0.2, -0.15) is 0 Å². The SMILES string of the molecule is CC1(CN2C(=O)c3ccccc3C2=O)CCC(N)CC1. The summed E-state index contributed by atoms with van der Waals surface area (Å²) in [5.41, 5.74) is 7.01. The minimum atomic E-state index is -0.151. The van der Waals surface area contributed by atoms with Gasteiger partial charge in [0.15, 0.2) is 0 Å². The molecule has 0 aromatic heterocycles. The molecule has 1 aromatic carbocycles. The first-order valence-corrected chi connectivity index (χ1v) is 7.21. The van der Waals surface area contributed by atoms with E-state index in [0.29, 0.717) is 17.7 Å². The van der Waals surface area contributed by atoms with E-state index in [9.17, 15) is 9.59 Å². The molecule has 1 aromatic rings. The second-order valence-electron chi connectivity index (χ2n) is 6.39. The Balaban J connectivity index is 1.80. The van der Waals surface area contributed by atoms with Crippen molar-refractivity contribution in [2.45, 2.75) is 38.6 Å². The van der Waals surface area contributed by atoms with Crippen molar-refractivity contribution in [2.24, 2.45) is 11.1 Å². The van der Waals surface area contributed by atoms with Crippen LogP contribution in [0.5, 0.6) is 0 Å². The summed E-state index contributed by atoms with van der Waals surface area (Å²) in [5, 5.41) is 0. The van der Waals surface area contributed by atoms with Crippen LogP contribution in [-0.2, 0) is 0 Å². The van der Waals surface area contributed by atoms with Gasteiger partial charge in [-0.15, -0.1) is 0 Å². The molecule has 106 valence electrons. The second-order valence-corrected chi connectivity index (χ2v) is 6.39. The molecule has 2 N–H and O–H groups in total. The van der Waals surface area contributed by atoms with Crippen LogP contribution in [0.1, 0.15) is 53.3 Å². The minimum Gasteiger partial charge on any atom is -0.328 e. The lowest BCUT2D eigenvalue weighted by atomic mass is 9.74. The van der Waals surface area contributed by atoms with Crippen LogP contribution in [0.4, 0.5) is 0 Å². The van der Waals surface area contributed by atoms with Gasteiger partial charge in [0.25, 0.3) is 11.8 Å². The summed E-state index contributed by atoms with van der Waals surface area (Å²) in [4.78, 5) is 26.2. The third-order valence-electron chi connectivity index (χ3n) is 4.66. The molecule has 0 atom stereocenters. The number of carbonyl (C=O) groups is 2. The van der Waals surface area contributed by atoms with Crippen LogP contribution in [0, 0.1) is 5.41 Å². The summed E-state index contributed by atoms with van der Waals surface area (Å²) < 4.78 is 0. The Morgan fingerprint density at radius 2 is 1.65 bits per heavy atom. The quantitative estimate of drug-likeness (QED) is 0.839. The maximum absolute atomic E-state index is 12.4. The number of benzene rings is 1. The van der Waals surface area contributed by atoms with Crippen LogP contribution in [0.25, 0.3) is 0 Å². The van der Waals surface area contributed by atoms with Crippen LogP contribution in [0.2, 0.25) is 0 Å². The second kappa shape index (κ2) is 4.70. The van der Waals surface area contributed by atoms with Gasteiger partial charge in [-0.1, -0.05) is 19.1 Å². The fourth-order valence-electron chi connectivity index (χ4n) is 3.26. The Hall–Kier alpha value is -1.68. The average molecular weight is 272 g/mol. The van der Waals surface area contributed by atoms with E-state index in [-0.39, 0.29) is 23.3 Å². The summed E-state index contributed by atoms with van der Waals surface area (Å²) in [7, 11) is 0. The molecule has 0 radical (unpaired) electrons. The number of carbonyl (C=O) groups excluding carboxylic acids is 2. The lowest BCUT2D eigenvalue weighted by Gasteiger charge is -2.38. The van der Waals surface area contributed by atoms with Crippen molar-refractivity contribution in [1.29, 1.82) is 0 Å². The number of amides is 2. The molecule has 1 aliphatic heterocycles. The van der Waals surface area contributed by atoms with E-state index < -0.39 is 0 Å². The number of nitrogens with two attached hydrogens (primary N) is 1. The van der Waals surface area contributed by atoms with E-state index in [1.807, 2.05) is 0 Å². The zero-order chi connectivity index (χ0) is 14.3. The number of rotatable bonds is 2. The van der Waals surface area contributed by atoms with Gasteiger partial charge in [0.2, 0.25) is 0 Å².